The maximum absolute atomic E-state index is 12.7. The third-order valence-electron chi connectivity index (χ3n) is 5.28. The molecule has 1 aromatic heterocycles. The lowest BCUT2D eigenvalue weighted by atomic mass is 10.0. The highest BCUT2D eigenvalue weighted by Gasteiger charge is 2.43. The van der Waals surface area contributed by atoms with Gasteiger partial charge in [0.25, 0.3) is 0 Å². The molecular formula is C24H25NO2. The number of carbonyl (C=O) groups excluding carboxylic acids is 1. The largest absolute Gasteiger partial charge is 0.374 e. The van der Waals surface area contributed by atoms with Gasteiger partial charge in [-0.25, -0.2) is 0 Å². The minimum atomic E-state index is 0.163. The summed E-state index contributed by atoms with van der Waals surface area (Å²) in [4.78, 5) is 16.8. The number of carbonyl (C=O) groups is 1. The summed E-state index contributed by atoms with van der Waals surface area (Å²) >= 11 is 0. The standard InChI is InChI=1S/C24H25NO2/c1-16(2)27-15-17-3-6-19(7-4-17)22-13-23(22)24(26)12-18-5-8-21-14-25-10-9-20(21)11-18/h3-11,14,16,22-23H,12-13,15H2,1-2H3. The van der Waals surface area contributed by atoms with Crippen LogP contribution >= 0.6 is 0 Å². The van der Waals surface area contributed by atoms with Crippen molar-refractivity contribution in [2.75, 3.05) is 0 Å². The van der Waals surface area contributed by atoms with E-state index < -0.39 is 0 Å². The van der Waals surface area contributed by atoms with Crippen molar-refractivity contribution in [1.82, 2.24) is 4.98 Å². The van der Waals surface area contributed by atoms with E-state index in [0.717, 1.165) is 22.8 Å². The van der Waals surface area contributed by atoms with Gasteiger partial charge in [-0.3, -0.25) is 9.78 Å². The maximum Gasteiger partial charge on any atom is 0.140 e. The van der Waals surface area contributed by atoms with Gasteiger partial charge < -0.3 is 4.74 Å². The second kappa shape index (κ2) is 7.61. The molecule has 1 saturated carbocycles. The molecule has 3 heteroatoms. The fourth-order valence-electron chi connectivity index (χ4n) is 3.62. The molecule has 3 nitrogen and oxygen atoms in total. The van der Waals surface area contributed by atoms with Crippen LogP contribution in [0.15, 0.2) is 60.9 Å². The molecule has 0 spiro atoms. The van der Waals surface area contributed by atoms with Crippen LogP contribution in [-0.4, -0.2) is 16.9 Å². The Kier molecular flexibility index (Phi) is 5.04. The van der Waals surface area contributed by atoms with Crippen molar-refractivity contribution in [3.8, 4) is 0 Å². The molecule has 138 valence electrons. The lowest BCUT2D eigenvalue weighted by Gasteiger charge is -2.08. The molecule has 4 rings (SSSR count). The lowest BCUT2D eigenvalue weighted by molar-refractivity contribution is -0.119. The van der Waals surface area contributed by atoms with Gasteiger partial charge in [0.1, 0.15) is 5.78 Å². The predicted octanol–water partition coefficient (Wildman–Crippen LogP) is 5.08. The Morgan fingerprint density at radius 1 is 1.07 bits per heavy atom. The summed E-state index contributed by atoms with van der Waals surface area (Å²) < 4.78 is 5.64. The van der Waals surface area contributed by atoms with Gasteiger partial charge in [0.15, 0.2) is 0 Å². The summed E-state index contributed by atoms with van der Waals surface area (Å²) in [7, 11) is 0. The molecule has 2 aromatic carbocycles. The zero-order valence-corrected chi connectivity index (χ0v) is 15.9. The van der Waals surface area contributed by atoms with Crippen LogP contribution in [0.2, 0.25) is 0 Å². The predicted molar refractivity (Wildman–Crippen MR) is 108 cm³/mol. The van der Waals surface area contributed by atoms with Gasteiger partial charge in [-0.1, -0.05) is 42.5 Å². The molecular weight excluding hydrogens is 334 g/mol. The van der Waals surface area contributed by atoms with Gasteiger partial charge in [-0.15, -0.1) is 0 Å². The number of aromatic nitrogens is 1. The van der Waals surface area contributed by atoms with Gasteiger partial charge in [-0.2, -0.15) is 0 Å². The zero-order chi connectivity index (χ0) is 18.8. The van der Waals surface area contributed by atoms with Crippen LogP contribution in [0.4, 0.5) is 0 Å². The maximum atomic E-state index is 12.7. The molecule has 0 aliphatic heterocycles. The van der Waals surface area contributed by atoms with Crippen LogP contribution in [0.3, 0.4) is 0 Å². The SMILES string of the molecule is CC(C)OCc1ccc(C2CC2C(=O)Cc2ccc3cnccc3c2)cc1. The van der Waals surface area contributed by atoms with E-state index in [1.54, 1.807) is 6.20 Å². The number of ketones is 1. The highest BCUT2D eigenvalue weighted by atomic mass is 16.5. The van der Waals surface area contributed by atoms with E-state index >= 15 is 0 Å². The molecule has 2 unspecified atom stereocenters. The number of pyridine rings is 1. The summed E-state index contributed by atoms with van der Waals surface area (Å²) in [6, 6.07) is 16.7. The average Bonchev–Trinajstić information content (AvgIpc) is 3.48. The van der Waals surface area contributed by atoms with E-state index in [1.807, 2.05) is 38.2 Å². The number of nitrogens with zero attached hydrogens (tertiary/aromatic N) is 1. The molecule has 1 heterocycles. The fourth-order valence-corrected chi connectivity index (χ4v) is 3.62. The summed E-state index contributed by atoms with van der Waals surface area (Å²) in [6.45, 7) is 4.73. The normalized spacial score (nSPS) is 18.8. The number of hydrogen-bond acceptors (Lipinski definition) is 3. The van der Waals surface area contributed by atoms with Crippen molar-refractivity contribution < 1.29 is 9.53 Å². The summed E-state index contributed by atoms with van der Waals surface area (Å²) in [5.41, 5.74) is 3.54. The first kappa shape index (κ1) is 17.9. The Labute approximate surface area is 160 Å². The van der Waals surface area contributed by atoms with Crippen molar-refractivity contribution in [1.29, 1.82) is 0 Å². The van der Waals surface area contributed by atoms with Gasteiger partial charge in [0, 0.05) is 30.1 Å². The molecule has 3 aromatic rings. The molecule has 0 radical (unpaired) electrons. The minimum Gasteiger partial charge on any atom is -0.374 e. The second-order valence-electron chi connectivity index (χ2n) is 7.75. The van der Waals surface area contributed by atoms with Crippen LogP contribution in [-0.2, 0) is 22.6 Å². The molecule has 2 atom stereocenters. The van der Waals surface area contributed by atoms with Gasteiger partial charge >= 0.3 is 0 Å². The number of rotatable bonds is 7. The Hall–Kier alpha value is -2.52. The van der Waals surface area contributed by atoms with Crippen molar-refractivity contribution in [2.45, 2.75) is 45.3 Å². The van der Waals surface area contributed by atoms with E-state index in [0.29, 0.717) is 24.7 Å². The van der Waals surface area contributed by atoms with Crippen molar-refractivity contribution in [2.24, 2.45) is 5.92 Å². The Balaban J connectivity index is 1.36. The Morgan fingerprint density at radius 3 is 2.63 bits per heavy atom. The first-order valence-corrected chi connectivity index (χ1v) is 9.66. The van der Waals surface area contributed by atoms with Crippen LogP contribution in [0, 0.1) is 5.92 Å². The van der Waals surface area contributed by atoms with E-state index in [4.69, 9.17) is 4.74 Å². The highest BCUT2D eigenvalue weighted by molar-refractivity contribution is 5.89. The number of ether oxygens (including phenoxy) is 1. The Bertz CT molecular complexity index is 946. The van der Waals surface area contributed by atoms with Crippen LogP contribution in [0.25, 0.3) is 10.8 Å². The first-order valence-electron chi connectivity index (χ1n) is 9.66. The van der Waals surface area contributed by atoms with Crippen LogP contribution < -0.4 is 0 Å². The number of Topliss-reactive ketones (excluding diaryl/α,β-unsaturated/α-hetero) is 1. The van der Waals surface area contributed by atoms with Crippen molar-refractivity contribution in [3.05, 3.63) is 77.6 Å². The summed E-state index contributed by atoms with van der Waals surface area (Å²) in [5, 5.41) is 2.25. The van der Waals surface area contributed by atoms with Gasteiger partial charge in [0.05, 0.1) is 12.7 Å². The molecule has 1 aliphatic carbocycles. The van der Waals surface area contributed by atoms with Gasteiger partial charge in [-0.05, 0) is 54.3 Å². The number of benzene rings is 2. The summed E-state index contributed by atoms with van der Waals surface area (Å²) in [6.07, 6.45) is 5.37. The second-order valence-corrected chi connectivity index (χ2v) is 7.75. The third kappa shape index (κ3) is 4.25. The number of hydrogen-bond donors (Lipinski definition) is 0. The molecule has 1 aliphatic rings. The summed E-state index contributed by atoms with van der Waals surface area (Å²) in [5.74, 6) is 0.888. The monoisotopic (exact) mass is 359 g/mol. The van der Waals surface area contributed by atoms with Crippen LogP contribution in [0.5, 0.6) is 0 Å². The molecule has 0 amide bonds. The van der Waals surface area contributed by atoms with Crippen molar-refractivity contribution in [3.63, 3.8) is 0 Å². The molecule has 27 heavy (non-hydrogen) atoms. The zero-order valence-electron chi connectivity index (χ0n) is 15.9. The molecule has 1 fully saturated rings. The Morgan fingerprint density at radius 2 is 1.85 bits per heavy atom. The van der Waals surface area contributed by atoms with E-state index in [-0.39, 0.29) is 12.0 Å². The average molecular weight is 359 g/mol. The lowest BCUT2D eigenvalue weighted by Crippen LogP contribution is -2.06. The first-order chi connectivity index (χ1) is 13.1. The number of fused-ring (bicyclic) bond motifs is 1. The van der Waals surface area contributed by atoms with E-state index in [9.17, 15) is 4.79 Å². The molecule has 0 bridgehead atoms. The molecule has 0 saturated heterocycles. The third-order valence-corrected chi connectivity index (χ3v) is 5.28. The quantitative estimate of drug-likeness (QED) is 0.591. The highest BCUT2D eigenvalue weighted by Crippen LogP contribution is 2.48. The van der Waals surface area contributed by atoms with E-state index in [2.05, 4.69) is 35.3 Å². The topological polar surface area (TPSA) is 39.2 Å². The molecule has 0 N–H and O–H groups in total. The fraction of sp³-hybridized carbons (Fsp3) is 0.333. The van der Waals surface area contributed by atoms with Crippen LogP contribution in [0.1, 0.15) is 42.9 Å². The van der Waals surface area contributed by atoms with E-state index in [1.165, 1.54) is 11.1 Å². The smallest absolute Gasteiger partial charge is 0.140 e. The van der Waals surface area contributed by atoms with Gasteiger partial charge in [0.2, 0.25) is 0 Å². The van der Waals surface area contributed by atoms with Crippen molar-refractivity contribution >= 4 is 16.6 Å². The minimum absolute atomic E-state index is 0.163.